The van der Waals surface area contributed by atoms with Crippen molar-refractivity contribution >= 4 is 22.8 Å². The van der Waals surface area contributed by atoms with Crippen molar-refractivity contribution in [2.75, 3.05) is 0 Å². The van der Waals surface area contributed by atoms with E-state index in [1.54, 1.807) is 24.3 Å². The molecule has 3 nitrogen and oxygen atoms in total. The Hall–Kier alpha value is -2.94. The van der Waals surface area contributed by atoms with E-state index in [4.69, 9.17) is 10.1 Å². The second-order valence-electron chi connectivity index (χ2n) is 4.58. The van der Waals surface area contributed by atoms with Crippen LogP contribution in [0.5, 0.6) is 11.5 Å². The van der Waals surface area contributed by atoms with Gasteiger partial charge in [-0.2, -0.15) is 0 Å². The minimum absolute atomic E-state index is 0.370. The van der Waals surface area contributed by atoms with E-state index in [0.29, 0.717) is 17.1 Å². The Kier molecular flexibility index (Phi) is 3.48. The van der Waals surface area contributed by atoms with Crippen LogP contribution in [-0.4, -0.2) is 12.0 Å². The van der Waals surface area contributed by atoms with Gasteiger partial charge in [-0.05, 0) is 23.6 Å². The summed E-state index contributed by atoms with van der Waals surface area (Å²) >= 11 is 0. The van der Waals surface area contributed by atoms with E-state index in [1.165, 1.54) is 0 Å². The summed E-state index contributed by atoms with van der Waals surface area (Å²) in [5, 5.41) is 9.18. The highest BCUT2D eigenvalue weighted by atomic mass is 16.5. The second kappa shape index (κ2) is 5.59. The first-order chi connectivity index (χ1) is 10.3. The van der Waals surface area contributed by atoms with Gasteiger partial charge in [-0.15, -0.1) is 0 Å². The highest BCUT2D eigenvalue weighted by Gasteiger charge is 2.11. The predicted octanol–water partition coefficient (Wildman–Crippen LogP) is 4.46. The first-order valence-electron chi connectivity index (χ1n) is 6.59. The Morgan fingerprint density at radius 3 is 2.38 bits per heavy atom. The Bertz CT molecular complexity index is 819. The van der Waals surface area contributed by atoms with Crippen LogP contribution in [0.2, 0.25) is 0 Å². The van der Waals surface area contributed by atoms with Crippen LogP contribution in [0, 0.1) is 5.41 Å². The van der Waals surface area contributed by atoms with Crippen molar-refractivity contribution < 1.29 is 9.53 Å². The van der Waals surface area contributed by atoms with Crippen molar-refractivity contribution in [1.82, 2.24) is 0 Å². The van der Waals surface area contributed by atoms with Gasteiger partial charge in [0.2, 0.25) is 5.78 Å². The average molecular weight is 275 g/mol. The molecule has 0 radical (unpaired) electrons. The Balaban J connectivity index is 2.07. The standard InChI is InChI=1S/C18H13NO2/c19-12-16(20)15-9-3-4-10-18(15)21-17-11-5-7-13-6-1-2-8-14(13)17/h1-12,19H. The first-order valence-corrected chi connectivity index (χ1v) is 6.59. The molecule has 3 heteroatoms. The van der Waals surface area contributed by atoms with Crippen LogP contribution in [0.15, 0.2) is 66.7 Å². The summed E-state index contributed by atoms with van der Waals surface area (Å²) in [5.74, 6) is 0.784. The number of fused-ring (bicyclic) bond motifs is 1. The van der Waals surface area contributed by atoms with E-state index < -0.39 is 0 Å². The summed E-state index contributed by atoms with van der Waals surface area (Å²) in [4.78, 5) is 11.8. The summed E-state index contributed by atoms with van der Waals surface area (Å²) in [5.41, 5.74) is 0.389. The summed E-state index contributed by atoms with van der Waals surface area (Å²) in [7, 11) is 0. The molecule has 0 aliphatic carbocycles. The van der Waals surface area contributed by atoms with Gasteiger partial charge in [0.05, 0.1) is 11.8 Å². The van der Waals surface area contributed by atoms with Gasteiger partial charge in [-0.25, -0.2) is 0 Å². The minimum Gasteiger partial charge on any atom is -0.456 e. The molecule has 0 spiro atoms. The lowest BCUT2D eigenvalue weighted by molar-refractivity contribution is 0.106. The molecule has 0 saturated heterocycles. The van der Waals surface area contributed by atoms with E-state index in [1.807, 2.05) is 42.5 Å². The van der Waals surface area contributed by atoms with Gasteiger partial charge in [0.15, 0.2) is 0 Å². The van der Waals surface area contributed by atoms with Crippen molar-refractivity contribution in [1.29, 1.82) is 5.41 Å². The molecule has 0 aromatic heterocycles. The van der Waals surface area contributed by atoms with Crippen molar-refractivity contribution in [3.05, 3.63) is 72.3 Å². The number of hydrogen-bond acceptors (Lipinski definition) is 3. The number of rotatable bonds is 4. The molecule has 21 heavy (non-hydrogen) atoms. The number of carbonyl (C=O) groups is 1. The molecule has 0 aliphatic heterocycles. The lowest BCUT2D eigenvalue weighted by atomic mass is 10.1. The van der Waals surface area contributed by atoms with Crippen LogP contribution >= 0.6 is 0 Å². The number of ether oxygens (including phenoxy) is 1. The summed E-state index contributed by atoms with van der Waals surface area (Å²) in [6, 6.07) is 20.7. The number of nitrogens with one attached hydrogen (secondary N) is 1. The van der Waals surface area contributed by atoms with Gasteiger partial charge >= 0.3 is 0 Å². The Morgan fingerprint density at radius 2 is 1.52 bits per heavy atom. The van der Waals surface area contributed by atoms with Gasteiger partial charge in [0.25, 0.3) is 0 Å². The van der Waals surface area contributed by atoms with Crippen molar-refractivity contribution in [3.8, 4) is 11.5 Å². The van der Waals surface area contributed by atoms with E-state index in [2.05, 4.69) is 0 Å². The second-order valence-corrected chi connectivity index (χ2v) is 4.58. The monoisotopic (exact) mass is 275 g/mol. The van der Waals surface area contributed by atoms with Crippen LogP contribution in [0.1, 0.15) is 10.4 Å². The van der Waals surface area contributed by atoms with Gasteiger partial charge in [0.1, 0.15) is 11.5 Å². The molecule has 0 amide bonds. The molecule has 0 heterocycles. The summed E-state index contributed by atoms with van der Waals surface area (Å²) in [6.07, 6.45) is 0.797. The quantitative estimate of drug-likeness (QED) is 0.564. The minimum atomic E-state index is -0.370. The summed E-state index contributed by atoms with van der Waals surface area (Å²) < 4.78 is 5.92. The number of Topliss-reactive ketones (excluding diaryl/α,β-unsaturated/α-hetero) is 1. The molecular formula is C18H13NO2. The molecule has 3 aromatic rings. The van der Waals surface area contributed by atoms with Gasteiger partial charge < -0.3 is 10.1 Å². The lowest BCUT2D eigenvalue weighted by Crippen LogP contribution is -2.02. The number of benzene rings is 3. The zero-order valence-corrected chi connectivity index (χ0v) is 11.2. The molecular weight excluding hydrogens is 262 g/mol. The maximum atomic E-state index is 11.8. The Morgan fingerprint density at radius 1 is 0.857 bits per heavy atom. The smallest absolute Gasteiger partial charge is 0.207 e. The molecule has 0 atom stereocenters. The van der Waals surface area contributed by atoms with E-state index in [-0.39, 0.29) is 5.78 Å². The summed E-state index contributed by atoms with van der Waals surface area (Å²) in [6.45, 7) is 0. The van der Waals surface area contributed by atoms with Crippen molar-refractivity contribution in [2.45, 2.75) is 0 Å². The highest BCUT2D eigenvalue weighted by molar-refractivity contribution is 6.35. The van der Waals surface area contributed by atoms with Gasteiger partial charge in [-0.1, -0.05) is 48.5 Å². The number of para-hydroxylation sites is 1. The third kappa shape index (κ3) is 2.54. The largest absolute Gasteiger partial charge is 0.456 e. The van der Waals surface area contributed by atoms with Crippen LogP contribution in [0.25, 0.3) is 10.8 Å². The number of hydrogen-bond donors (Lipinski definition) is 1. The van der Waals surface area contributed by atoms with Gasteiger partial charge in [0, 0.05) is 5.39 Å². The van der Waals surface area contributed by atoms with Gasteiger partial charge in [-0.3, -0.25) is 4.79 Å². The molecule has 1 N–H and O–H groups in total. The topological polar surface area (TPSA) is 50.2 Å². The molecule has 102 valence electrons. The molecule has 0 fully saturated rings. The zero-order valence-electron chi connectivity index (χ0n) is 11.2. The van der Waals surface area contributed by atoms with Crippen molar-refractivity contribution in [3.63, 3.8) is 0 Å². The van der Waals surface area contributed by atoms with Crippen LogP contribution < -0.4 is 4.74 Å². The van der Waals surface area contributed by atoms with Crippen LogP contribution in [0.4, 0.5) is 0 Å². The maximum absolute atomic E-state index is 11.8. The van der Waals surface area contributed by atoms with Crippen LogP contribution in [-0.2, 0) is 0 Å². The highest BCUT2D eigenvalue weighted by Crippen LogP contribution is 2.31. The Labute approximate surface area is 122 Å². The molecule has 3 rings (SSSR count). The third-order valence-corrected chi connectivity index (χ3v) is 3.25. The lowest BCUT2D eigenvalue weighted by Gasteiger charge is -2.11. The SMILES string of the molecule is N=CC(=O)c1ccccc1Oc1cccc2ccccc12. The average Bonchev–Trinajstić information content (AvgIpc) is 2.55. The fourth-order valence-corrected chi connectivity index (χ4v) is 2.24. The maximum Gasteiger partial charge on any atom is 0.207 e. The third-order valence-electron chi connectivity index (χ3n) is 3.25. The zero-order chi connectivity index (χ0) is 14.7. The van der Waals surface area contributed by atoms with Crippen LogP contribution in [0.3, 0.4) is 0 Å². The van der Waals surface area contributed by atoms with E-state index in [0.717, 1.165) is 17.0 Å². The molecule has 0 bridgehead atoms. The molecule has 3 aromatic carbocycles. The number of carbonyl (C=O) groups excluding carboxylic acids is 1. The predicted molar refractivity (Wildman–Crippen MR) is 83.6 cm³/mol. The fourth-order valence-electron chi connectivity index (χ4n) is 2.24. The first kappa shape index (κ1) is 13.1. The van der Waals surface area contributed by atoms with E-state index in [9.17, 15) is 4.79 Å². The van der Waals surface area contributed by atoms with Crippen molar-refractivity contribution in [2.24, 2.45) is 0 Å². The molecule has 0 unspecified atom stereocenters. The molecule has 0 aliphatic rings. The fraction of sp³-hybridized carbons (Fsp3) is 0. The van der Waals surface area contributed by atoms with E-state index >= 15 is 0 Å². The molecule has 0 saturated carbocycles. The number of ketones is 1. The normalized spacial score (nSPS) is 10.3.